The Bertz CT molecular complexity index is 629. The van der Waals surface area contributed by atoms with Crippen molar-refractivity contribution in [3.05, 3.63) is 45.7 Å². The zero-order valence-corrected chi connectivity index (χ0v) is 10.8. The highest BCUT2D eigenvalue weighted by Crippen LogP contribution is 2.20. The number of anilines is 1. The summed E-state index contributed by atoms with van der Waals surface area (Å²) in [4.78, 5) is 19.1. The van der Waals surface area contributed by atoms with Gasteiger partial charge in [0.05, 0.1) is 5.56 Å². The van der Waals surface area contributed by atoms with Crippen molar-refractivity contribution in [2.45, 2.75) is 26.7 Å². The number of nitrogens with two attached hydrogens (primary N) is 1. The van der Waals surface area contributed by atoms with Crippen molar-refractivity contribution in [3.63, 3.8) is 0 Å². The average Bonchev–Trinajstić information content (AvgIpc) is 2.27. The van der Waals surface area contributed by atoms with Crippen LogP contribution < -0.4 is 11.3 Å². The van der Waals surface area contributed by atoms with Crippen LogP contribution in [0, 0.1) is 6.92 Å². The lowest BCUT2D eigenvalue weighted by atomic mass is 10.1. The first-order chi connectivity index (χ1) is 8.49. The molecule has 0 spiro atoms. The lowest BCUT2D eigenvalue weighted by molar-refractivity contribution is 0.837. The van der Waals surface area contributed by atoms with Crippen molar-refractivity contribution in [2.75, 3.05) is 5.73 Å². The van der Waals surface area contributed by atoms with Gasteiger partial charge in [-0.3, -0.25) is 4.79 Å². The van der Waals surface area contributed by atoms with Gasteiger partial charge in [-0.15, -0.1) is 0 Å². The minimum absolute atomic E-state index is 0.0628. The van der Waals surface area contributed by atoms with E-state index in [0.717, 1.165) is 11.1 Å². The van der Waals surface area contributed by atoms with E-state index in [1.54, 1.807) is 0 Å². The molecule has 3 N–H and O–H groups in total. The number of H-pyrrole nitrogens is 1. The molecular weight excluding hydrogens is 226 g/mol. The number of nitrogens with zero attached hydrogens (tertiary/aromatic N) is 1. The molecule has 1 aromatic carbocycles. The largest absolute Gasteiger partial charge is 0.383 e. The van der Waals surface area contributed by atoms with Crippen LogP contribution in [0.25, 0.3) is 11.4 Å². The fraction of sp³-hybridized carbons (Fsp3) is 0.286. The van der Waals surface area contributed by atoms with Crippen LogP contribution >= 0.6 is 0 Å². The maximum absolute atomic E-state index is 12.0. The Hall–Kier alpha value is -2.10. The third-order valence-electron chi connectivity index (χ3n) is 2.85. The Morgan fingerprint density at radius 1 is 1.33 bits per heavy atom. The number of nitrogens with one attached hydrogen (secondary N) is 1. The number of nitrogen functional groups attached to an aromatic ring is 1. The molecule has 0 unspecified atom stereocenters. The molecular formula is C14H17N3O. The first kappa shape index (κ1) is 12.4. The first-order valence-corrected chi connectivity index (χ1v) is 5.95. The molecule has 0 fully saturated rings. The minimum atomic E-state index is -0.158. The van der Waals surface area contributed by atoms with E-state index in [9.17, 15) is 4.79 Å². The number of aryl methyl sites for hydroxylation is 1. The number of hydrogen-bond donors (Lipinski definition) is 2. The van der Waals surface area contributed by atoms with E-state index >= 15 is 0 Å². The maximum Gasteiger partial charge on any atom is 0.256 e. The first-order valence-electron chi connectivity index (χ1n) is 5.95. The second kappa shape index (κ2) is 4.64. The molecule has 2 aromatic rings. The van der Waals surface area contributed by atoms with Gasteiger partial charge >= 0.3 is 0 Å². The highest BCUT2D eigenvalue weighted by atomic mass is 16.1. The third kappa shape index (κ3) is 2.27. The molecule has 0 aliphatic rings. The minimum Gasteiger partial charge on any atom is -0.383 e. The summed E-state index contributed by atoms with van der Waals surface area (Å²) in [6.45, 7) is 5.84. The standard InChI is InChI=1S/C14H17N3O/c1-8(2)11-12(15)16-13(17-14(11)18)10-6-4-5-9(3)7-10/h4-8H,1-3H3,(H3,15,16,17,18). The Balaban J connectivity index is 2.59. The molecule has 0 saturated carbocycles. The fourth-order valence-electron chi connectivity index (χ4n) is 1.99. The van der Waals surface area contributed by atoms with E-state index in [1.807, 2.05) is 45.0 Å². The van der Waals surface area contributed by atoms with Crippen LogP contribution in [0.1, 0.15) is 30.9 Å². The van der Waals surface area contributed by atoms with Gasteiger partial charge in [-0.1, -0.05) is 37.6 Å². The summed E-state index contributed by atoms with van der Waals surface area (Å²) in [6, 6.07) is 7.79. The predicted molar refractivity (Wildman–Crippen MR) is 73.5 cm³/mol. The Kier molecular flexibility index (Phi) is 3.19. The molecule has 94 valence electrons. The van der Waals surface area contributed by atoms with Crippen molar-refractivity contribution < 1.29 is 0 Å². The van der Waals surface area contributed by atoms with Crippen LogP contribution in [-0.4, -0.2) is 9.97 Å². The highest BCUT2D eigenvalue weighted by molar-refractivity contribution is 5.58. The summed E-state index contributed by atoms with van der Waals surface area (Å²) in [7, 11) is 0. The van der Waals surface area contributed by atoms with E-state index < -0.39 is 0 Å². The molecule has 0 amide bonds. The van der Waals surface area contributed by atoms with Crippen LogP contribution in [0.5, 0.6) is 0 Å². The SMILES string of the molecule is Cc1cccc(-c2nc(N)c(C(C)C)c(=O)[nH]2)c1. The summed E-state index contributed by atoms with van der Waals surface area (Å²) < 4.78 is 0. The predicted octanol–water partition coefficient (Wildman–Crippen LogP) is 2.45. The molecule has 4 heteroatoms. The molecule has 0 bridgehead atoms. The van der Waals surface area contributed by atoms with E-state index in [2.05, 4.69) is 9.97 Å². The van der Waals surface area contributed by atoms with Crippen molar-refractivity contribution in [3.8, 4) is 11.4 Å². The van der Waals surface area contributed by atoms with Crippen LogP contribution in [0.2, 0.25) is 0 Å². The van der Waals surface area contributed by atoms with Crippen molar-refractivity contribution >= 4 is 5.82 Å². The Labute approximate surface area is 106 Å². The second-order valence-electron chi connectivity index (χ2n) is 4.74. The average molecular weight is 243 g/mol. The zero-order valence-electron chi connectivity index (χ0n) is 10.8. The number of aromatic nitrogens is 2. The number of aromatic amines is 1. The normalized spacial score (nSPS) is 10.9. The third-order valence-corrected chi connectivity index (χ3v) is 2.85. The van der Waals surface area contributed by atoms with Crippen LogP contribution in [-0.2, 0) is 0 Å². The number of benzene rings is 1. The summed E-state index contributed by atoms with van der Waals surface area (Å²) in [5.41, 5.74) is 8.24. The highest BCUT2D eigenvalue weighted by Gasteiger charge is 2.13. The fourth-order valence-corrected chi connectivity index (χ4v) is 1.99. The van der Waals surface area contributed by atoms with Crippen LogP contribution in [0.3, 0.4) is 0 Å². The van der Waals surface area contributed by atoms with E-state index in [-0.39, 0.29) is 11.5 Å². The lowest BCUT2D eigenvalue weighted by Gasteiger charge is -2.09. The van der Waals surface area contributed by atoms with Gasteiger partial charge in [-0.2, -0.15) is 0 Å². The summed E-state index contributed by atoms with van der Waals surface area (Å²) in [5, 5.41) is 0. The van der Waals surface area contributed by atoms with Gasteiger partial charge in [0, 0.05) is 5.56 Å². The monoisotopic (exact) mass is 243 g/mol. The summed E-state index contributed by atoms with van der Waals surface area (Å²) in [5.74, 6) is 0.892. The molecule has 0 atom stereocenters. The molecule has 0 aliphatic carbocycles. The Morgan fingerprint density at radius 3 is 2.61 bits per heavy atom. The van der Waals surface area contributed by atoms with Gasteiger partial charge in [0.2, 0.25) is 0 Å². The molecule has 1 heterocycles. The van der Waals surface area contributed by atoms with E-state index in [0.29, 0.717) is 17.2 Å². The molecule has 2 rings (SSSR count). The lowest BCUT2D eigenvalue weighted by Crippen LogP contribution is -2.19. The van der Waals surface area contributed by atoms with Crippen molar-refractivity contribution in [1.82, 2.24) is 9.97 Å². The Morgan fingerprint density at radius 2 is 2.06 bits per heavy atom. The number of hydrogen-bond acceptors (Lipinski definition) is 3. The zero-order chi connectivity index (χ0) is 13.3. The van der Waals surface area contributed by atoms with Crippen LogP contribution in [0.15, 0.2) is 29.1 Å². The molecule has 0 saturated heterocycles. The van der Waals surface area contributed by atoms with Crippen LogP contribution in [0.4, 0.5) is 5.82 Å². The second-order valence-corrected chi connectivity index (χ2v) is 4.74. The topological polar surface area (TPSA) is 71.8 Å². The summed E-state index contributed by atoms with van der Waals surface area (Å²) in [6.07, 6.45) is 0. The number of rotatable bonds is 2. The van der Waals surface area contributed by atoms with Gasteiger partial charge in [0.1, 0.15) is 11.6 Å². The van der Waals surface area contributed by atoms with Crippen molar-refractivity contribution in [2.24, 2.45) is 0 Å². The molecule has 1 aromatic heterocycles. The van der Waals surface area contributed by atoms with Gasteiger partial charge in [-0.05, 0) is 18.9 Å². The quantitative estimate of drug-likeness (QED) is 0.851. The molecule has 4 nitrogen and oxygen atoms in total. The summed E-state index contributed by atoms with van der Waals surface area (Å²) >= 11 is 0. The van der Waals surface area contributed by atoms with E-state index in [1.165, 1.54) is 0 Å². The van der Waals surface area contributed by atoms with Gasteiger partial charge < -0.3 is 10.7 Å². The van der Waals surface area contributed by atoms with Gasteiger partial charge in [0.25, 0.3) is 5.56 Å². The van der Waals surface area contributed by atoms with Crippen molar-refractivity contribution in [1.29, 1.82) is 0 Å². The molecule has 0 radical (unpaired) electrons. The molecule has 0 aliphatic heterocycles. The molecule has 18 heavy (non-hydrogen) atoms. The smallest absolute Gasteiger partial charge is 0.256 e. The maximum atomic E-state index is 12.0. The van der Waals surface area contributed by atoms with Gasteiger partial charge in [-0.25, -0.2) is 4.98 Å². The van der Waals surface area contributed by atoms with E-state index in [4.69, 9.17) is 5.73 Å². The van der Waals surface area contributed by atoms with Gasteiger partial charge in [0.15, 0.2) is 0 Å².